The van der Waals surface area contributed by atoms with Crippen LogP contribution in [0.3, 0.4) is 0 Å². The van der Waals surface area contributed by atoms with Crippen LogP contribution in [0.1, 0.15) is 58.7 Å². The van der Waals surface area contributed by atoms with Gasteiger partial charge in [-0.25, -0.2) is 0 Å². The zero-order chi connectivity index (χ0) is 28.4. The second-order valence-corrected chi connectivity index (χ2v) is 12.4. The number of halogens is 4. The monoisotopic (exact) mass is 599 g/mol. The third-order valence-electron chi connectivity index (χ3n) is 7.73. The van der Waals surface area contributed by atoms with Crippen LogP contribution in [0, 0.1) is 34.0 Å². The fourth-order valence-electron chi connectivity index (χ4n) is 5.55. The minimum Gasteiger partial charge on any atom is -0.336 e. The molecule has 4 rings (SSSR count). The Balaban J connectivity index is 1.61. The largest absolute Gasteiger partial charge is 0.471 e. The third kappa shape index (κ3) is 4.81. The number of likely N-dealkylation sites (tertiary alicyclic amines) is 1. The van der Waals surface area contributed by atoms with E-state index >= 15 is 0 Å². The minimum atomic E-state index is -5.17. The first-order valence-corrected chi connectivity index (χ1v) is 13.0. The number of hydrogen-bond donors (Lipinski definition) is 2. The molecule has 0 bridgehead atoms. The molecule has 1 saturated heterocycles. The molecule has 38 heavy (non-hydrogen) atoms. The van der Waals surface area contributed by atoms with E-state index in [4.69, 9.17) is 0 Å². The van der Waals surface area contributed by atoms with E-state index in [0.29, 0.717) is 16.9 Å². The predicted molar refractivity (Wildman–Crippen MR) is 132 cm³/mol. The number of aryl methyl sites for hydroxylation is 1. The molecule has 1 aromatic rings. The topological polar surface area (TPSA) is 133 Å². The van der Waals surface area contributed by atoms with Crippen molar-refractivity contribution in [2.75, 3.05) is 6.54 Å². The van der Waals surface area contributed by atoms with Crippen molar-refractivity contribution in [2.24, 2.45) is 22.7 Å². The van der Waals surface area contributed by atoms with Gasteiger partial charge in [-0.3, -0.25) is 19.0 Å². The second-order valence-electron chi connectivity index (χ2n) is 11.6. The Labute approximate surface area is 226 Å². The number of rotatable bonds is 5. The van der Waals surface area contributed by atoms with Crippen molar-refractivity contribution < 1.29 is 27.6 Å². The molecule has 1 unspecified atom stereocenters. The number of piperidine rings is 1. The lowest BCUT2D eigenvalue weighted by Crippen LogP contribution is -2.60. The molecule has 1 aromatic heterocycles. The average Bonchev–Trinajstić information content (AvgIpc) is 3.20. The van der Waals surface area contributed by atoms with Crippen molar-refractivity contribution in [1.82, 2.24) is 30.3 Å². The van der Waals surface area contributed by atoms with Gasteiger partial charge in [0.1, 0.15) is 17.9 Å². The standard InChI is InChI=1S/C24H29BrF3N7O3/c1-22(2,3)17(31-21(38)24(26,27)28)20(37)34-10-11-15(23(11,4)5)16(34)19(36)30-12(9-29)18-33-32-14-8-6-7-13(25)35(14)18/h7,11-12,15-17H,6,8,10H2,1-5H3,(H,30,36)(H,31,38)/t11-,12?,15-,16-,17+/m0/s1. The summed E-state index contributed by atoms with van der Waals surface area (Å²) in [4.78, 5) is 40.3. The summed E-state index contributed by atoms with van der Waals surface area (Å²) in [5.74, 6) is -3.12. The maximum absolute atomic E-state index is 13.6. The van der Waals surface area contributed by atoms with Gasteiger partial charge in [0.25, 0.3) is 0 Å². The van der Waals surface area contributed by atoms with Crippen LogP contribution in [0.2, 0.25) is 0 Å². The number of aromatic nitrogens is 3. The molecular formula is C24H29BrF3N7O3. The van der Waals surface area contributed by atoms with Crippen molar-refractivity contribution in [2.45, 2.75) is 71.8 Å². The molecule has 2 fully saturated rings. The lowest BCUT2D eigenvalue weighted by Gasteiger charge is -2.37. The molecule has 0 spiro atoms. The molecule has 3 heterocycles. The lowest BCUT2D eigenvalue weighted by atomic mass is 9.85. The van der Waals surface area contributed by atoms with Crippen molar-refractivity contribution in [3.63, 3.8) is 0 Å². The summed E-state index contributed by atoms with van der Waals surface area (Å²) < 4.78 is 41.4. The molecule has 1 aliphatic carbocycles. The minimum absolute atomic E-state index is 0.0559. The van der Waals surface area contributed by atoms with Crippen molar-refractivity contribution in [3.05, 3.63) is 17.7 Å². The first kappa shape index (κ1) is 28.1. The van der Waals surface area contributed by atoms with E-state index in [-0.39, 0.29) is 29.6 Å². The first-order valence-electron chi connectivity index (χ1n) is 12.2. The highest BCUT2D eigenvalue weighted by atomic mass is 79.9. The fourth-order valence-corrected chi connectivity index (χ4v) is 6.16. The smallest absolute Gasteiger partial charge is 0.336 e. The van der Waals surface area contributed by atoms with Gasteiger partial charge in [-0.2, -0.15) is 18.4 Å². The van der Waals surface area contributed by atoms with Gasteiger partial charge in [-0.1, -0.05) is 40.7 Å². The van der Waals surface area contributed by atoms with Gasteiger partial charge in [0, 0.05) is 13.0 Å². The van der Waals surface area contributed by atoms with Crippen LogP contribution in [0.5, 0.6) is 0 Å². The highest BCUT2D eigenvalue weighted by molar-refractivity contribution is 9.14. The quantitative estimate of drug-likeness (QED) is 0.534. The molecule has 206 valence electrons. The number of fused-ring (bicyclic) bond motifs is 2. The maximum atomic E-state index is 13.6. The van der Waals surface area contributed by atoms with Gasteiger partial charge in [-0.15, -0.1) is 10.2 Å². The van der Waals surface area contributed by atoms with E-state index in [0.717, 1.165) is 6.42 Å². The van der Waals surface area contributed by atoms with Crippen LogP contribution in [0.4, 0.5) is 13.2 Å². The molecule has 10 nitrogen and oxygen atoms in total. The number of allylic oxidation sites excluding steroid dienone is 1. The molecular weight excluding hydrogens is 571 g/mol. The van der Waals surface area contributed by atoms with Gasteiger partial charge < -0.3 is 15.5 Å². The lowest BCUT2D eigenvalue weighted by molar-refractivity contribution is -0.176. The summed E-state index contributed by atoms with van der Waals surface area (Å²) in [7, 11) is 0. The molecule has 2 N–H and O–H groups in total. The number of amides is 3. The SMILES string of the molecule is CC(C)(C)[C@H](NC(=O)C(F)(F)F)C(=O)N1C[C@H]2[C@@H]([C@H]1C(=O)NC(C#N)c1nnc3n1C(Br)=CCC3)C2(C)C. The Morgan fingerprint density at radius 2 is 1.87 bits per heavy atom. The maximum Gasteiger partial charge on any atom is 0.471 e. The Hall–Kier alpha value is -2.95. The average molecular weight is 600 g/mol. The van der Waals surface area contributed by atoms with Crippen LogP contribution >= 0.6 is 15.9 Å². The van der Waals surface area contributed by atoms with E-state index < -0.39 is 47.4 Å². The zero-order valence-corrected chi connectivity index (χ0v) is 23.1. The number of nitrogens with zero attached hydrogens (tertiary/aromatic N) is 5. The van der Waals surface area contributed by atoms with Gasteiger partial charge >= 0.3 is 12.1 Å². The fraction of sp³-hybridized carbons (Fsp3) is 0.667. The number of carbonyl (C=O) groups is 3. The number of nitriles is 1. The summed E-state index contributed by atoms with van der Waals surface area (Å²) in [5, 5.41) is 22.6. The molecule has 5 atom stereocenters. The molecule has 1 saturated carbocycles. The summed E-state index contributed by atoms with van der Waals surface area (Å²) in [6.45, 7) is 8.66. The number of alkyl halides is 3. The molecule has 3 amide bonds. The molecule has 3 aliphatic rings. The number of carbonyl (C=O) groups excluding carboxylic acids is 3. The Morgan fingerprint density at radius 3 is 2.45 bits per heavy atom. The van der Waals surface area contributed by atoms with Gasteiger partial charge in [-0.05, 0) is 45.0 Å². The van der Waals surface area contributed by atoms with E-state index in [2.05, 4.69) is 31.4 Å². The van der Waals surface area contributed by atoms with Gasteiger partial charge in [0.2, 0.25) is 11.8 Å². The Kier molecular flexibility index (Phi) is 6.91. The van der Waals surface area contributed by atoms with Crippen LogP contribution < -0.4 is 10.6 Å². The third-order valence-corrected chi connectivity index (χ3v) is 8.41. The van der Waals surface area contributed by atoms with Crippen molar-refractivity contribution in [3.8, 4) is 6.07 Å². The van der Waals surface area contributed by atoms with Crippen molar-refractivity contribution in [1.29, 1.82) is 5.26 Å². The Morgan fingerprint density at radius 1 is 1.21 bits per heavy atom. The molecule has 14 heteroatoms. The molecule has 0 radical (unpaired) electrons. The van der Waals surface area contributed by atoms with Crippen LogP contribution in [-0.2, 0) is 20.8 Å². The summed E-state index contributed by atoms with van der Waals surface area (Å²) in [6.07, 6.45) is -1.93. The first-order chi connectivity index (χ1) is 17.5. The van der Waals surface area contributed by atoms with E-state index in [1.807, 2.05) is 31.3 Å². The molecule has 0 aromatic carbocycles. The Bertz CT molecular complexity index is 1240. The summed E-state index contributed by atoms with van der Waals surface area (Å²) in [5.41, 5.74) is -1.36. The highest BCUT2D eigenvalue weighted by Gasteiger charge is 2.70. The summed E-state index contributed by atoms with van der Waals surface area (Å²) in [6, 6.07) is -1.72. The van der Waals surface area contributed by atoms with Gasteiger partial charge in [0.05, 0.1) is 10.7 Å². The molecule has 2 aliphatic heterocycles. The van der Waals surface area contributed by atoms with Crippen LogP contribution in [0.15, 0.2) is 6.08 Å². The summed E-state index contributed by atoms with van der Waals surface area (Å²) >= 11 is 3.43. The van der Waals surface area contributed by atoms with E-state index in [1.165, 1.54) is 25.7 Å². The number of nitrogens with one attached hydrogen (secondary N) is 2. The zero-order valence-electron chi connectivity index (χ0n) is 21.6. The van der Waals surface area contributed by atoms with Crippen molar-refractivity contribution >= 4 is 38.3 Å². The van der Waals surface area contributed by atoms with Crippen LogP contribution in [0.25, 0.3) is 4.61 Å². The van der Waals surface area contributed by atoms with E-state index in [9.17, 15) is 32.8 Å². The predicted octanol–water partition coefficient (Wildman–Crippen LogP) is 2.67. The van der Waals surface area contributed by atoms with Crippen LogP contribution in [-0.4, -0.2) is 62.2 Å². The second kappa shape index (κ2) is 9.36. The highest BCUT2D eigenvalue weighted by Crippen LogP contribution is 2.65. The number of hydrogen-bond acceptors (Lipinski definition) is 6. The van der Waals surface area contributed by atoms with E-state index in [1.54, 1.807) is 4.57 Å². The normalized spacial score (nSPS) is 25.3. The van der Waals surface area contributed by atoms with Gasteiger partial charge in [0.15, 0.2) is 11.9 Å².